The number of hydrogen-bond donors (Lipinski definition) is 1. The van der Waals surface area contributed by atoms with E-state index in [1.807, 2.05) is 19.1 Å². The lowest BCUT2D eigenvalue weighted by Gasteiger charge is -2.41. The first-order chi connectivity index (χ1) is 11.0. The Kier molecular flexibility index (Phi) is 6.54. The molecule has 128 valence electrons. The maximum atomic E-state index is 13.1. The van der Waals surface area contributed by atoms with Crippen molar-refractivity contribution in [3.8, 4) is 0 Å². The van der Waals surface area contributed by atoms with E-state index < -0.39 is 5.97 Å². The molecule has 1 aromatic rings. The molecule has 0 bridgehead atoms. The fourth-order valence-electron chi connectivity index (χ4n) is 3.63. The summed E-state index contributed by atoms with van der Waals surface area (Å²) in [6.07, 6.45) is 2.96. The Morgan fingerprint density at radius 3 is 2.39 bits per heavy atom. The Bertz CT molecular complexity index is 498. The molecule has 0 amide bonds. The SMILES string of the molecule is CCC(c1ccc(F)cc1)N1CCC(N(CC)CC(=O)O)CC1. The van der Waals surface area contributed by atoms with Crippen LogP contribution >= 0.6 is 0 Å². The average molecular weight is 322 g/mol. The summed E-state index contributed by atoms with van der Waals surface area (Å²) >= 11 is 0. The molecule has 1 saturated heterocycles. The predicted octanol–water partition coefficient (Wildman–Crippen LogP) is 3.15. The van der Waals surface area contributed by atoms with Gasteiger partial charge in [0, 0.05) is 25.2 Å². The third-order valence-electron chi connectivity index (χ3n) is 4.84. The summed E-state index contributed by atoms with van der Waals surface area (Å²) in [6.45, 7) is 6.97. The van der Waals surface area contributed by atoms with Crippen molar-refractivity contribution in [2.75, 3.05) is 26.2 Å². The van der Waals surface area contributed by atoms with Gasteiger partial charge in [0.15, 0.2) is 0 Å². The van der Waals surface area contributed by atoms with Gasteiger partial charge in [0.25, 0.3) is 0 Å². The Hall–Kier alpha value is -1.46. The van der Waals surface area contributed by atoms with Crippen LogP contribution in [0.25, 0.3) is 0 Å². The fourth-order valence-corrected chi connectivity index (χ4v) is 3.63. The van der Waals surface area contributed by atoms with Crippen LogP contribution in [0.2, 0.25) is 0 Å². The third-order valence-corrected chi connectivity index (χ3v) is 4.84. The Labute approximate surface area is 137 Å². The first-order valence-corrected chi connectivity index (χ1v) is 8.50. The minimum atomic E-state index is -0.757. The summed E-state index contributed by atoms with van der Waals surface area (Å²) in [5.41, 5.74) is 1.16. The van der Waals surface area contributed by atoms with Crippen LogP contribution in [0, 0.1) is 5.82 Å². The van der Waals surface area contributed by atoms with Crippen LogP contribution in [0.4, 0.5) is 4.39 Å². The molecule has 1 aliphatic rings. The van der Waals surface area contributed by atoms with Gasteiger partial charge >= 0.3 is 5.97 Å². The van der Waals surface area contributed by atoms with Crippen LogP contribution in [-0.2, 0) is 4.79 Å². The molecule has 1 fully saturated rings. The number of aliphatic carboxylic acids is 1. The lowest BCUT2D eigenvalue weighted by atomic mass is 9.97. The van der Waals surface area contributed by atoms with Crippen molar-refractivity contribution in [3.63, 3.8) is 0 Å². The number of carboxylic acid groups (broad SMARTS) is 1. The number of benzene rings is 1. The van der Waals surface area contributed by atoms with Crippen LogP contribution in [-0.4, -0.2) is 53.1 Å². The van der Waals surface area contributed by atoms with Crippen LogP contribution in [0.1, 0.15) is 44.7 Å². The zero-order chi connectivity index (χ0) is 16.8. The molecule has 23 heavy (non-hydrogen) atoms. The van der Waals surface area contributed by atoms with Gasteiger partial charge in [-0.15, -0.1) is 0 Å². The number of likely N-dealkylation sites (N-methyl/N-ethyl adjacent to an activating group) is 1. The molecule has 0 saturated carbocycles. The van der Waals surface area contributed by atoms with Gasteiger partial charge in [-0.1, -0.05) is 26.0 Å². The molecule has 1 aromatic carbocycles. The largest absolute Gasteiger partial charge is 0.480 e. The van der Waals surface area contributed by atoms with Crippen molar-refractivity contribution in [2.45, 2.75) is 45.2 Å². The Balaban J connectivity index is 1.96. The molecule has 0 aliphatic carbocycles. The highest BCUT2D eigenvalue weighted by molar-refractivity contribution is 5.69. The topological polar surface area (TPSA) is 43.8 Å². The summed E-state index contributed by atoms with van der Waals surface area (Å²) in [4.78, 5) is 15.5. The molecule has 0 radical (unpaired) electrons. The number of halogens is 1. The monoisotopic (exact) mass is 322 g/mol. The summed E-state index contributed by atoms with van der Waals surface area (Å²) in [5, 5.41) is 9.01. The molecular formula is C18H27FN2O2. The van der Waals surface area contributed by atoms with Gasteiger partial charge in [0.05, 0.1) is 6.54 Å². The van der Waals surface area contributed by atoms with E-state index in [0.29, 0.717) is 12.1 Å². The lowest BCUT2D eigenvalue weighted by Crippen LogP contribution is -2.47. The van der Waals surface area contributed by atoms with Gasteiger partial charge in [0.1, 0.15) is 5.82 Å². The molecule has 4 nitrogen and oxygen atoms in total. The summed E-state index contributed by atoms with van der Waals surface area (Å²) in [6, 6.07) is 7.45. The number of likely N-dealkylation sites (tertiary alicyclic amines) is 1. The smallest absolute Gasteiger partial charge is 0.317 e. The second-order valence-electron chi connectivity index (χ2n) is 6.20. The van der Waals surface area contributed by atoms with Gasteiger partial charge < -0.3 is 5.11 Å². The first-order valence-electron chi connectivity index (χ1n) is 8.50. The molecule has 5 heteroatoms. The van der Waals surface area contributed by atoms with Crippen LogP contribution in [0.15, 0.2) is 24.3 Å². The molecular weight excluding hydrogens is 295 g/mol. The van der Waals surface area contributed by atoms with E-state index in [4.69, 9.17) is 5.11 Å². The van der Waals surface area contributed by atoms with Crippen molar-refractivity contribution in [1.82, 2.24) is 9.80 Å². The first kappa shape index (κ1) is 17.9. The van der Waals surface area contributed by atoms with Gasteiger partial charge in [-0.05, 0) is 43.5 Å². The number of nitrogens with zero attached hydrogens (tertiary/aromatic N) is 2. The Morgan fingerprint density at radius 2 is 1.91 bits per heavy atom. The predicted molar refractivity (Wildman–Crippen MR) is 88.9 cm³/mol. The molecule has 0 spiro atoms. The molecule has 0 aromatic heterocycles. The molecule has 1 aliphatic heterocycles. The highest BCUT2D eigenvalue weighted by Gasteiger charge is 2.28. The molecule has 1 atom stereocenters. The van der Waals surface area contributed by atoms with Crippen LogP contribution in [0.3, 0.4) is 0 Å². The van der Waals surface area contributed by atoms with E-state index in [9.17, 15) is 9.18 Å². The number of piperidine rings is 1. The summed E-state index contributed by atoms with van der Waals surface area (Å²) < 4.78 is 13.1. The lowest BCUT2D eigenvalue weighted by molar-refractivity contribution is -0.139. The minimum Gasteiger partial charge on any atom is -0.480 e. The number of carbonyl (C=O) groups is 1. The standard InChI is InChI=1S/C18H27FN2O2/c1-3-17(14-5-7-15(19)8-6-14)21-11-9-16(10-12-21)20(4-2)13-18(22)23/h5-8,16-17H,3-4,9-13H2,1-2H3,(H,22,23). The van der Waals surface area contributed by atoms with Crippen molar-refractivity contribution in [2.24, 2.45) is 0 Å². The fraction of sp³-hybridized carbons (Fsp3) is 0.611. The van der Waals surface area contributed by atoms with E-state index in [1.165, 1.54) is 12.1 Å². The number of hydrogen-bond acceptors (Lipinski definition) is 3. The minimum absolute atomic E-state index is 0.121. The molecule has 1 unspecified atom stereocenters. The van der Waals surface area contributed by atoms with E-state index in [1.54, 1.807) is 0 Å². The molecule has 1 N–H and O–H groups in total. The van der Waals surface area contributed by atoms with Gasteiger partial charge in [-0.3, -0.25) is 14.6 Å². The number of carboxylic acids is 1. The van der Waals surface area contributed by atoms with E-state index in [0.717, 1.165) is 44.5 Å². The normalized spacial score (nSPS) is 18.3. The van der Waals surface area contributed by atoms with Crippen LogP contribution in [0.5, 0.6) is 0 Å². The second-order valence-corrected chi connectivity index (χ2v) is 6.20. The van der Waals surface area contributed by atoms with Gasteiger partial charge in [-0.25, -0.2) is 4.39 Å². The van der Waals surface area contributed by atoms with Crippen molar-refractivity contribution in [3.05, 3.63) is 35.6 Å². The number of rotatable bonds is 7. The van der Waals surface area contributed by atoms with E-state index in [2.05, 4.69) is 16.7 Å². The molecule has 1 heterocycles. The average Bonchev–Trinajstić information content (AvgIpc) is 2.55. The summed E-state index contributed by atoms with van der Waals surface area (Å²) in [5.74, 6) is -0.957. The molecule has 2 rings (SSSR count). The zero-order valence-corrected chi connectivity index (χ0v) is 14.0. The van der Waals surface area contributed by atoms with Gasteiger partial charge in [0.2, 0.25) is 0 Å². The highest BCUT2D eigenvalue weighted by atomic mass is 19.1. The van der Waals surface area contributed by atoms with Crippen LogP contribution < -0.4 is 0 Å². The third kappa shape index (κ3) is 4.75. The van der Waals surface area contributed by atoms with Gasteiger partial charge in [-0.2, -0.15) is 0 Å². The van der Waals surface area contributed by atoms with Crippen molar-refractivity contribution in [1.29, 1.82) is 0 Å². The Morgan fingerprint density at radius 1 is 1.30 bits per heavy atom. The van der Waals surface area contributed by atoms with E-state index in [-0.39, 0.29) is 12.4 Å². The van der Waals surface area contributed by atoms with E-state index >= 15 is 0 Å². The van der Waals surface area contributed by atoms with Crippen molar-refractivity contribution < 1.29 is 14.3 Å². The zero-order valence-electron chi connectivity index (χ0n) is 14.0. The highest BCUT2D eigenvalue weighted by Crippen LogP contribution is 2.28. The maximum absolute atomic E-state index is 13.1. The maximum Gasteiger partial charge on any atom is 0.317 e. The quantitative estimate of drug-likeness (QED) is 0.837. The second kappa shape index (κ2) is 8.41. The summed E-state index contributed by atoms with van der Waals surface area (Å²) in [7, 11) is 0. The van der Waals surface area contributed by atoms with Crippen molar-refractivity contribution >= 4 is 5.97 Å².